The third-order valence-electron chi connectivity index (χ3n) is 6.59. The van der Waals surface area contributed by atoms with E-state index in [4.69, 9.17) is 16.3 Å². The molecule has 2 aromatic heterocycles. The third-order valence-corrected chi connectivity index (χ3v) is 6.86. The van der Waals surface area contributed by atoms with Crippen molar-refractivity contribution in [3.8, 4) is 5.88 Å². The first-order valence-electron chi connectivity index (χ1n) is 12.1. The van der Waals surface area contributed by atoms with Gasteiger partial charge < -0.3 is 25.2 Å². The molecular weight excluding hydrogens is 448 g/mol. The Hall–Kier alpha value is -1.52. The number of aromatic nitrogens is 4. The number of ether oxygens (including phenoxy) is 1. The SMILES string of the molecule is OC[C@H]1O[C@@](CCCCCCCCCCCCCCl)(n2cnc3c(O)ncnc32)[C@H](O)[C@@H]1O. The lowest BCUT2D eigenvalue weighted by Gasteiger charge is -2.34. The summed E-state index contributed by atoms with van der Waals surface area (Å²) in [5, 5.41) is 41.0. The smallest absolute Gasteiger partial charge is 0.242 e. The predicted molar refractivity (Wildman–Crippen MR) is 125 cm³/mol. The number of hydrogen-bond acceptors (Lipinski definition) is 8. The standard InChI is InChI=1S/C23H37ClN4O5/c24-13-11-9-7-5-3-1-2-4-6-8-10-12-23(20(31)19(30)17(14-29)33-23)28-16-27-18-21(28)25-15-26-22(18)32/h15-17,19-20,29-31H,1-14H2,(H,25,26,32)/t17-,19-,20-,23-/m1/s1. The average molecular weight is 485 g/mol. The maximum atomic E-state index is 10.9. The van der Waals surface area contributed by atoms with Crippen LogP contribution in [0.2, 0.25) is 0 Å². The lowest BCUT2D eigenvalue weighted by Crippen LogP contribution is -2.45. The fraction of sp³-hybridized carbons (Fsp3) is 0.783. The molecule has 0 amide bonds. The van der Waals surface area contributed by atoms with Crippen molar-refractivity contribution in [2.75, 3.05) is 12.5 Å². The molecule has 33 heavy (non-hydrogen) atoms. The average Bonchev–Trinajstić information content (AvgIpc) is 3.36. The minimum Gasteiger partial charge on any atom is -0.492 e. The van der Waals surface area contributed by atoms with Crippen molar-refractivity contribution in [2.24, 2.45) is 0 Å². The van der Waals surface area contributed by atoms with Gasteiger partial charge in [-0.2, -0.15) is 4.98 Å². The Morgan fingerprint density at radius 1 is 0.909 bits per heavy atom. The number of fused-ring (bicyclic) bond motifs is 1. The van der Waals surface area contributed by atoms with Crippen LogP contribution < -0.4 is 0 Å². The molecule has 0 bridgehead atoms. The highest BCUT2D eigenvalue weighted by Crippen LogP contribution is 2.41. The van der Waals surface area contributed by atoms with Crippen LogP contribution in [0.5, 0.6) is 5.88 Å². The number of nitrogens with zero attached hydrogens (tertiary/aromatic N) is 4. The molecule has 1 aliphatic heterocycles. The molecule has 4 N–H and O–H groups in total. The first kappa shape index (κ1) is 26.1. The zero-order valence-corrected chi connectivity index (χ0v) is 19.9. The minimum atomic E-state index is -1.33. The molecule has 0 aliphatic carbocycles. The van der Waals surface area contributed by atoms with Crippen molar-refractivity contribution < 1.29 is 25.2 Å². The molecule has 0 aromatic carbocycles. The summed E-state index contributed by atoms with van der Waals surface area (Å²) in [7, 11) is 0. The van der Waals surface area contributed by atoms with Gasteiger partial charge in [-0.05, 0) is 19.3 Å². The molecule has 2 aromatic rings. The highest BCUT2D eigenvalue weighted by atomic mass is 35.5. The number of imidazole rings is 1. The van der Waals surface area contributed by atoms with Crippen LogP contribution in [0.1, 0.15) is 77.0 Å². The van der Waals surface area contributed by atoms with Gasteiger partial charge >= 0.3 is 0 Å². The van der Waals surface area contributed by atoms with Crippen LogP contribution >= 0.6 is 11.6 Å². The number of aliphatic hydroxyl groups is 3. The van der Waals surface area contributed by atoms with Crippen LogP contribution in [-0.4, -0.2) is 70.7 Å². The van der Waals surface area contributed by atoms with Crippen LogP contribution in [0.3, 0.4) is 0 Å². The molecule has 9 nitrogen and oxygen atoms in total. The lowest BCUT2D eigenvalue weighted by molar-refractivity contribution is -0.151. The second kappa shape index (κ2) is 12.8. The summed E-state index contributed by atoms with van der Waals surface area (Å²) >= 11 is 5.70. The Kier molecular flexibility index (Phi) is 10.1. The fourth-order valence-electron chi connectivity index (χ4n) is 4.71. The Labute approximate surface area is 199 Å². The monoisotopic (exact) mass is 484 g/mol. The first-order chi connectivity index (χ1) is 16.0. The number of aromatic hydroxyl groups is 1. The van der Waals surface area contributed by atoms with E-state index in [1.54, 1.807) is 4.57 Å². The number of hydrogen-bond donors (Lipinski definition) is 4. The van der Waals surface area contributed by atoms with E-state index in [2.05, 4.69) is 15.0 Å². The lowest BCUT2D eigenvalue weighted by atomic mass is 9.95. The van der Waals surface area contributed by atoms with E-state index in [0.717, 1.165) is 38.0 Å². The minimum absolute atomic E-state index is 0.192. The Balaban J connectivity index is 1.54. The van der Waals surface area contributed by atoms with Crippen LogP contribution in [0.4, 0.5) is 0 Å². The van der Waals surface area contributed by atoms with E-state index in [9.17, 15) is 20.4 Å². The van der Waals surface area contributed by atoms with Crippen molar-refractivity contribution >= 4 is 22.8 Å². The van der Waals surface area contributed by atoms with Gasteiger partial charge in [0.2, 0.25) is 5.88 Å². The molecule has 4 atom stereocenters. The van der Waals surface area contributed by atoms with Crippen LogP contribution in [0.15, 0.2) is 12.7 Å². The van der Waals surface area contributed by atoms with Crippen molar-refractivity contribution in [2.45, 2.75) is 101 Å². The zero-order valence-electron chi connectivity index (χ0n) is 19.2. The third kappa shape index (κ3) is 6.14. The maximum Gasteiger partial charge on any atom is 0.242 e. The second-order valence-electron chi connectivity index (χ2n) is 8.93. The fourth-order valence-corrected chi connectivity index (χ4v) is 4.90. The van der Waals surface area contributed by atoms with E-state index in [-0.39, 0.29) is 11.4 Å². The number of aliphatic hydroxyl groups excluding tert-OH is 3. The summed E-state index contributed by atoms with van der Waals surface area (Å²) in [4.78, 5) is 12.1. The second-order valence-corrected chi connectivity index (χ2v) is 9.31. The van der Waals surface area contributed by atoms with E-state index in [0.29, 0.717) is 12.1 Å². The molecule has 0 unspecified atom stereocenters. The number of unbranched alkanes of at least 4 members (excludes halogenated alkanes) is 10. The largest absolute Gasteiger partial charge is 0.492 e. The number of rotatable bonds is 15. The molecule has 0 spiro atoms. The van der Waals surface area contributed by atoms with Gasteiger partial charge in [0.25, 0.3) is 0 Å². The topological polar surface area (TPSA) is 134 Å². The first-order valence-corrected chi connectivity index (χ1v) is 12.7. The van der Waals surface area contributed by atoms with E-state index >= 15 is 0 Å². The van der Waals surface area contributed by atoms with Crippen molar-refractivity contribution in [3.63, 3.8) is 0 Å². The molecule has 3 rings (SSSR count). The van der Waals surface area contributed by atoms with Gasteiger partial charge in [-0.3, -0.25) is 4.57 Å². The molecule has 1 saturated heterocycles. The Morgan fingerprint density at radius 2 is 1.52 bits per heavy atom. The summed E-state index contributed by atoms with van der Waals surface area (Å²) < 4.78 is 7.59. The predicted octanol–water partition coefficient (Wildman–Crippen LogP) is 3.22. The van der Waals surface area contributed by atoms with E-state index < -0.39 is 30.6 Å². The van der Waals surface area contributed by atoms with Gasteiger partial charge in [-0.1, -0.05) is 57.8 Å². The van der Waals surface area contributed by atoms with Crippen LogP contribution in [-0.2, 0) is 10.5 Å². The number of alkyl halides is 1. The van der Waals surface area contributed by atoms with Gasteiger partial charge in [-0.15, -0.1) is 11.6 Å². The highest BCUT2D eigenvalue weighted by Gasteiger charge is 2.55. The molecule has 0 radical (unpaired) electrons. The Bertz CT molecular complexity index is 853. The van der Waals surface area contributed by atoms with Crippen molar-refractivity contribution in [1.29, 1.82) is 0 Å². The van der Waals surface area contributed by atoms with E-state index in [1.165, 1.54) is 51.2 Å². The van der Waals surface area contributed by atoms with Crippen molar-refractivity contribution in [1.82, 2.24) is 19.5 Å². The highest BCUT2D eigenvalue weighted by molar-refractivity contribution is 6.17. The quantitative estimate of drug-likeness (QED) is 0.223. The summed E-state index contributed by atoms with van der Waals surface area (Å²) in [5.41, 5.74) is -0.832. The van der Waals surface area contributed by atoms with Gasteiger partial charge in [0.1, 0.15) is 24.6 Å². The van der Waals surface area contributed by atoms with Crippen LogP contribution in [0, 0.1) is 0 Å². The zero-order chi connectivity index (χ0) is 23.7. The molecule has 0 saturated carbocycles. The van der Waals surface area contributed by atoms with E-state index in [1.807, 2.05) is 0 Å². The molecular formula is C23H37ClN4O5. The van der Waals surface area contributed by atoms with Gasteiger partial charge in [-0.25, -0.2) is 9.97 Å². The molecule has 10 heteroatoms. The van der Waals surface area contributed by atoms with Gasteiger partial charge in [0, 0.05) is 5.88 Å². The molecule has 1 aliphatic rings. The van der Waals surface area contributed by atoms with Gasteiger partial charge in [0.15, 0.2) is 16.9 Å². The summed E-state index contributed by atoms with van der Waals surface area (Å²) in [6.07, 6.45) is 12.2. The van der Waals surface area contributed by atoms with Crippen molar-refractivity contribution in [3.05, 3.63) is 12.7 Å². The Morgan fingerprint density at radius 3 is 2.09 bits per heavy atom. The summed E-state index contributed by atoms with van der Waals surface area (Å²) in [5.74, 6) is 0.496. The van der Waals surface area contributed by atoms with Gasteiger partial charge in [0.05, 0.1) is 12.9 Å². The maximum absolute atomic E-state index is 10.9. The summed E-state index contributed by atoms with van der Waals surface area (Å²) in [6.45, 7) is -0.418. The summed E-state index contributed by atoms with van der Waals surface area (Å²) in [6, 6.07) is 0. The molecule has 186 valence electrons. The van der Waals surface area contributed by atoms with Crippen LogP contribution in [0.25, 0.3) is 11.2 Å². The number of halogens is 1. The molecule has 3 heterocycles. The normalized spacial score (nSPS) is 25.3. The molecule has 1 fully saturated rings.